The number of aromatic amines is 1. The van der Waals surface area contributed by atoms with E-state index in [9.17, 15) is 18.0 Å². The summed E-state index contributed by atoms with van der Waals surface area (Å²) in [6, 6.07) is 5.76. The van der Waals surface area contributed by atoms with Gasteiger partial charge in [-0.3, -0.25) is 4.79 Å². The maximum absolute atomic E-state index is 14.7. The van der Waals surface area contributed by atoms with Crippen LogP contribution >= 0.6 is 11.6 Å². The number of halogens is 4. The molecule has 0 saturated carbocycles. The first kappa shape index (κ1) is 19.8. The molecule has 8 heteroatoms. The number of H-pyrrole nitrogens is 1. The van der Waals surface area contributed by atoms with Gasteiger partial charge >= 0.3 is 0 Å². The molecule has 0 spiro atoms. The van der Waals surface area contributed by atoms with Gasteiger partial charge in [0.05, 0.1) is 14.2 Å². The van der Waals surface area contributed by atoms with Gasteiger partial charge in [0.2, 0.25) is 0 Å². The van der Waals surface area contributed by atoms with Crippen molar-refractivity contribution in [3.63, 3.8) is 0 Å². The molecule has 0 aliphatic carbocycles. The molecular weight excluding hydrogens is 395 g/mol. The van der Waals surface area contributed by atoms with Crippen LogP contribution < -0.4 is 15.0 Å². The van der Waals surface area contributed by atoms with Gasteiger partial charge in [-0.05, 0) is 29.3 Å². The molecule has 0 aliphatic rings. The lowest BCUT2D eigenvalue weighted by atomic mass is 9.95. The van der Waals surface area contributed by atoms with Gasteiger partial charge in [-0.15, -0.1) is 0 Å². The molecule has 0 fully saturated rings. The van der Waals surface area contributed by atoms with Crippen molar-refractivity contribution < 1.29 is 22.6 Å². The van der Waals surface area contributed by atoms with Crippen molar-refractivity contribution in [1.82, 2.24) is 4.98 Å². The average Bonchev–Trinajstić information content (AvgIpc) is 2.67. The first-order valence-electron chi connectivity index (χ1n) is 8.11. The fraction of sp³-hybridized carbons (Fsp3) is 0.150. The molecule has 0 aliphatic heterocycles. The summed E-state index contributed by atoms with van der Waals surface area (Å²) in [6.45, 7) is 0. The number of ether oxygens (including phenoxy) is 2. The van der Waals surface area contributed by atoms with Crippen molar-refractivity contribution in [3.05, 3.63) is 80.5 Å². The highest BCUT2D eigenvalue weighted by Crippen LogP contribution is 2.34. The Morgan fingerprint density at radius 3 is 2.43 bits per heavy atom. The second-order valence-corrected chi connectivity index (χ2v) is 6.31. The summed E-state index contributed by atoms with van der Waals surface area (Å²) in [7, 11) is 2.74. The standard InChI is InChI=1S/C20H15ClF3NO3/c1-27-13-6-10(19(24)16(8-13)28-2)5-11-9-25-20(26)18(21)17(11)14-4-3-12(22)7-15(14)23/h3-4,6-9H,5H2,1-2H3,(H,25,26). The Kier molecular flexibility index (Phi) is 5.65. The Balaban J connectivity index is 2.19. The largest absolute Gasteiger partial charge is 0.497 e. The Morgan fingerprint density at radius 2 is 1.79 bits per heavy atom. The van der Waals surface area contributed by atoms with Gasteiger partial charge < -0.3 is 14.5 Å². The minimum Gasteiger partial charge on any atom is -0.497 e. The van der Waals surface area contributed by atoms with Gasteiger partial charge in [0.15, 0.2) is 11.6 Å². The van der Waals surface area contributed by atoms with Gasteiger partial charge in [-0.1, -0.05) is 11.6 Å². The van der Waals surface area contributed by atoms with E-state index in [1.54, 1.807) is 0 Å². The van der Waals surface area contributed by atoms with E-state index in [0.717, 1.165) is 6.07 Å². The molecule has 1 aromatic heterocycles. The van der Waals surface area contributed by atoms with Crippen LogP contribution in [0.4, 0.5) is 13.2 Å². The van der Waals surface area contributed by atoms with Crippen LogP contribution in [0.15, 0.2) is 41.3 Å². The van der Waals surface area contributed by atoms with Crippen LogP contribution in [-0.2, 0) is 6.42 Å². The summed E-state index contributed by atoms with van der Waals surface area (Å²) in [6.07, 6.45) is 1.26. The van der Waals surface area contributed by atoms with Crippen LogP contribution in [0.25, 0.3) is 11.1 Å². The molecule has 2 aromatic carbocycles. The Bertz CT molecular complexity index is 1100. The third kappa shape index (κ3) is 3.71. The molecule has 28 heavy (non-hydrogen) atoms. The summed E-state index contributed by atoms with van der Waals surface area (Å²) in [5.41, 5.74) is -0.132. The second-order valence-electron chi connectivity index (χ2n) is 5.94. The molecule has 0 bridgehead atoms. The molecule has 3 aromatic rings. The molecule has 146 valence electrons. The zero-order chi connectivity index (χ0) is 20.4. The number of aromatic nitrogens is 1. The maximum atomic E-state index is 14.7. The minimum atomic E-state index is -0.891. The third-order valence-electron chi connectivity index (χ3n) is 4.24. The molecule has 4 nitrogen and oxygen atoms in total. The molecule has 3 rings (SSSR count). The molecule has 0 atom stereocenters. The van der Waals surface area contributed by atoms with Crippen LogP contribution in [0, 0.1) is 17.5 Å². The zero-order valence-corrected chi connectivity index (χ0v) is 15.7. The van der Waals surface area contributed by atoms with Crippen molar-refractivity contribution in [2.45, 2.75) is 6.42 Å². The number of hydrogen-bond acceptors (Lipinski definition) is 3. The Labute approximate surface area is 163 Å². The van der Waals surface area contributed by atoms with Crippen molar-refractivity contribution in [3.8, 4) is 22.6 Å². The number of hydrogen-bond donors (Lipinski definition) is 1. The lowest BCUT2D eigenvalue weighted by Crippen LogP contribution is -2.11. The quantitative estimate of drug-likeness (QED) is 0.663. The normalized spacial score (nSPS) is 10.8. The number of pyridine rings is 1. The van der Waals surface area contributed by atoms with E-state index in [1.165, 1.54) is 38.6 Å². The van der Waals surface area contributed by atoms with E-state index in [0.29, 0.717) is 17.4 Å². The van der Waals surface area contributed by atoms with Crippen LogP contribution in [0.5, 0.6) is 11.5 Å². The van der Waals surface area contributed by atoms with Gasteiger partial charge in [-0.2, -0.15) is 0 Å². The van der Waals surface area contributed by atoms with Crippen LogP contribution in [0.2, 0.25) is 5.02 Å². The highest BCUT2D eigenvalue weighted by molar-refractivity contribution is 6.33. The first-order chi connectivity index (χ1) is 13.3. The molecule has 0 saturated heterocycles. The highest BCUT2D eigenvalue weighted by Gasteiger charge is 2.20. The number of benzene rings is 2. The second kappa shape index (κ2) is 7.98. The Hall–Kier alpha value is -2.93. The van der Waals surface area contributed by atoms with E-state index in [4.69, 9.17) is 21.1 Å². The fourth-order valence-corrected chi connectivity index (χ4v) is 3.17. The van der Waals surface area contributed by atoms with Crippen molar-refractivity contribution in [2.75, 3.05) is 14.2 Å². The Morgan fingerprint density at radius 1 is 1.04 bits per heavy atom. The van der Waals surface area contributed by atoms with Crippen molar-refractivity contribution in [1.29, 1.82) is 0 Å². The lowest BCUT2D eigenvalue weighted by molar-refractivity contribution is 0.371. The summed E-state index contributed by atoms with van der Waals surface area (Å²) < 4.78 is 52.5. The average molecular weight is 410 g/mol. The zero-order valence-electron chi connectivity index (χ0n) is 14.9. The third-order valence-corrected chi connectivity index (χ3v) is 4.60. The summed E-state index contributed by atoms with van der Waals surface area (Å²) >= 11 is 6.12. The summed E-state index contributed by atoms with van der Waals surface area (Å²) in [5.74, 6) is -1.96. The lowest BCUT2D eigenvalue weighted by Gasteiger charge is -2.14. The van der Waals surface area contributed by atoms with Crippen molar-refractivity contribution in [2.24, 2.45) is 0 Å². The van der Waals surface area contributed by atoms with Crippen molar-refractivity contribution >= 4 is 11.6 Å². The van der Waals surface area contributed by atoms with Gasteiger partial charge in [0.1, 0.15) is 22.4 Å². The van der Waals surface area contributed by atoms with E-state index in [1.807, 2.05) is 0 Å². The minimum absolute atomic E-state index is 0.0283. The number of methoxy groups -OCH3 is 2. The van der Waals surface area contributed by atoms with Crippen LogP contribution in [-0.4, -0.2) is 19.2 Å². The van der Waals surface area contributed by atoms with Crippen LogP contribution in [0.3, 0.4) is 0 Å². The van der Waals surface area contributed by atoms with Gasteiger partial charge in [-0.25, -0.2) is 13.2 Å². The first-order valence-corrected chi connectivity index (χ1v) is 8.49. The predicted molar refractivity (Wildman–Crippen MR) is 99.7 cm³/mol. The molecule has 0 amide bonds. The fourth-order valence-electron chi connectivity index (χ4n) is 2.89. The monoisotopic (exact) mass is 409 g/mol. The molecule has 1 N–H and O–H groups in total. The van der Waals surface area contributed by atoms with E-state index in [-0.39, 0.29) is 33.9 Å². The maximum Gasteiger partial charge on any atom is 0.267 e. The van der Waals surface area contributed by atoms with E-state index >= 15 is 0 Å². The molecule has 0 unspecified atom stereocenters. The predicted octanol–water partition coefficient (Wildman–Crippen LogP) is 4.72. The van der Waals surface area contributed by atoms with E-state index < -0.39 is 23.0 Å². The molecule has 0 radical (unpaired) electrons. The molecule has 1 heterocycles. The van der Waals surface area contributed by atoms with Crippen LogP contribution in [0.1, 0.15) is 11.1 Å². The summed E-state index contributed by atoms with van der Waals surface area (Å²) in [5, 5.41) is -0.279. The smallest absolute Gasteiger partial charge is 0.267 e. The highest BCUT2D eigenvalue weighted by atomic mass is 35.5. The summed E-state index contributed by atoms with van der Waals surface area (Å²) in [4.78, 5) is 14.4. The molecular formula is C20H15ClF3NO3. The number of nitrogens with one attached hydrogen (secondary N) is 1. The van der Waals surface area contributed by atoms with Gasteiger partial charge in [0, 0.05) is 35.9 Å². The van der Waals surface area contributed by atoms with E-state index in [2.05, 4.69) is 4.98 Å². The SMILES string of the molecule is COc1cc(Cc2c[nH]c(=O)c(Cl)c2-c2ccc(F)cc2F)c(F)c(OC)c1. The topological polar surface area (TPSA) is 51.3 Å². The number of rotatable bonds is 5. The van der Waals surface area contributed by atoms with Gasteiger partial charge in [0.25, 0.3) is 5.56 Å².